The van der Waals surface area contributed by atoms with E-state index in [-0.39, 0.29) is 31.1 Å². The fourth-order valence-corrected chi connectivity index (χ4v) is 5.39. The molecule has 2 heterocycles. The minimum atomic E-state index is -3.57. The number of halogens is 4. The molecule has 5 rings (SSSR count). The third kappa shape index (κ3) is 5.19. The molecule has 3 aromatic rings. The molecule has 1 unspecified atom stereocenters. The highest BCUT2D eigenvalue weighted by molar-refractivity contribution is 6.00. The molecular weight excluding hydrogens is 488 g/mol. The Morgan fingerprint density at radius 3 is 2.51 bits per heavy atom. The number of aromatic nitrogens is 2. The lowest BCUT2D eigenvalue weighted by atomic mass is 9.87. The number of carbonyl (C=O) groups excluding carboxylic acids is 2. The highest BCUT2D eigenvalue weighted by Gasteiger charge is 2.45. The molecule has 2 aliphatic rings. The fourth-order valence-electron chi connectivity index (χ4n) is 5.39. The van der Waals surface area contributed by atoms with Crippen molar-refractivity contribution in [3.8, 4) is 0 Å². The summed E-state index contributed by atoms with van der Waals surface area (Å²) in [5.41, 5.74) is 2.09. The lowest BCUT2D eigenvalue weighted by Gasteiger charge is -2.30. The molecule has 1 aromatic heterocycles. The second-order valence-electron chi connectivity index (χ2n) is 10.2. The molecule has 10 heteroatoms. The van der Waals surface area contributed by atoms with E-state index < -0.39 is 29.8 Å². The fraction of sp³-hybridized carbons (Fsp3) is 0.444. The molecule has 1 N–H and O–H groups in total. The number of carbonyl (C=O) groups is 2. The van der Waals surface area contributed by atoms with E-state index in [1.165, 1.54) is 4.90 Å². The van der Waals surface area contributed by atoms with Crippen LogP contribution in [0.2, 0.25) is 0 Å². The van der Waals surface area contributed by atoms with Gasteiger partial charge < -0.3 is 10.2 Å². The number of hydrogen-bond donors (Lipinski definition) is 1. The van der Waals surface area contributed by atoms with E-state index in [4.69, 9.17) is 0 Å². The zero-order valence-electron chi connectivity index (χ0n) is 20.3. The Morgan fingerprint density at radius 1 is 1.14 bits per heavy atom. The molecule has 0 radical (unpaired) electrons. The Labute approximate surface area is 211 Å². The topological polar surface area (TPSA) is 67.2 Å². The van der Waals surface area contributed by atoms with Crippen molar-refractivity contribution in [1.29, 1.82) is 0 Å². The van der Waals surface area contributed by atoms with E-state index in [0.717, 1.165) is 10.9 Å². The van der Waals surface area contributed by atoms with E-state index in [2.05, 4.69) is 10.4 Å². The van der Waals surface area contributed by atoms with Crippen LogP contribution >= 0.6 is 0 Å². The maximum atomic E-state index is 13.6. The summed E-state index contributed by atoms with van der Waals surface area (Å²) in [6, 6.07) is 12.9. The number of hydrogen-bond acceptors (Lipinski definition) is 3. The molecule has 0 spiro atoms. The minimum Gasteiger partial charge on any atom is -0.345 e. The van der Waals surface area contributed by atoms with Crippen molar-refractivity contribution < 1.29 is 27.2 Å². The summed E-state index contributed by atoms with van der Waals surface area (Å²) < 4.78 is 56.1. The van der Waals surface area contributed by atoms with Crippen LogP contribution in [-0.4, -0.2) is 39.5 Å². The molecule has 1 saturated heterocycles. The summed E-state index contributed by atoms with van der Waals surface area (Å²) in [7, 11) is 0. The number of alkyl halides is 4. The number of amides is 2. The Morgan fingerprint density at radius 2 is 1.84 bits per heavy atom. The van der Waals surface area contributed by atoms with E-state index in [9.17, 15) is 27.2 Å². The average Bonchev–Trinajstić information content (AvgIpc) is 3.40. The van der Waals surface area contributed by atoms with Gasteiger partial charge in [0.2, 0.25) is 11.8 Å². The normalized spacial score (nSPS) is 22.5. The standard InChI is InChI=1S/C27H28F4N4O2/c1-26(28,29)25(37)33-21-14-23(36)35(24(21)18-5-3-2-4-6-18)20-7-8-22-19(13-20)15-32-34(22)16-17-9-11-27(30,31)12-10-17/h2-8,13,15,17,21,24H,9-12,14,16H2,1H3,(H,33,37)/t21?,24-/m1/s1. The van der Waals surface area contributed by atoms with Crippen LogP contribution in [0, 0.1) is 5.92 Å². The molecule has 1 saturated carbocycles. The SMILES string of the molecule is CC(F)(F)C(=O)NC1CC(=O)N(c2ccc3c(cnn3CC3CCC(F)(F)CC3)c2)[C@@H]1c1ccccc1. The molecule has 1 aliphatic heterocycles. The van der Waals surface area contributed by atoms with Gasteiger partial charge in [0.1, 0.15) is 0 Å². The van der Waals surface area contributed by atoms with Crippen LogP contribution in [0.4, 0.5) is 23.2 Å². The van der Waals surface area contributed by atoms with Gasteiger partial charge in [-0.15, -0.1) is 0 Å². The van der Waals surface area contributed by atoms with E-state index in [1.807, 2.05) is 12.1 Å². The number of nitrogens with one attached hydrogen (secondary N) is 1. The van der Waals surface area contributed by atoms with Gasteiger partial charge in [0, 0.05) is 43.8 Å². The van der Waals surface area contributed by atoms with Gasteiger partial charge >= 0.3 is 5.92 Å². The summed E-state index contributed by atoms with van der Waals surface area (Å²) in [6.07, 6.45) is 2.21. The molecule has 0 bridgehead atoms. The Bertz CT molecular complexity index is 1290. The van der Waals surface area contributed by atoms with E-state index in [1.54, 1.807) is 47.3 Å². The molecule has 196 valence electrons. The van der Waals surface area contributed by atoms with Crippen LogP contribution in [0.3, 0.4) is 0 Å². The third-order valence-electron chi connectivity index (χ3n) is 7.35. The van der Waals surface area contributed by atoms with Gasteiger partial charge in [0.25, 0.3) is 5.91 Å². The van der Waals surface area contributed by atoms with Gasteiger partial charge in [-0.2, -0.15) is 13.9 Å². The van der Waals surface area contributed by atoms with Crippen LogP contribution in [-0.2, 0) is 16.1 Å². The summed E-state index contributed by atoms with van der Waals surface area (Å²) >= 11 is 0. The Kier molecular flexibility index (Phi) is 6.45. The molecule has 2 aromatic carbocycles. The Hall–Kier alpha value is -3.43. The van der Waals surface area contributed by atoms with Crippen LogP contribution in [0.25, 0.3) is 10.9 Å². The van der Waals surface area contributed by atoms with Gasteiger partial charge in [-0.1, -0.05) is 30.3 Å². The quantitative estimate of drug-likeness (QED) is 0.442. The predicted octanol–water partition coefficient (Wildman–Crippen LogP) is 5.48. The first kappa shape index (κ1) is 25.2. The monoisotopic (exact) mass is 516 g/mol. The van der Waals surface area contributed by atoms with Crippen molar-refractivity contribution in [2.45, 2.75) is 69.5 Å². The second kappa shape index (κ2) is 9.46. The first-order chi connectivity index (χ1) is 17.5. The highest BCUT2D eigenvalue weighted by Crippen LogP contribution is 2.40. The van der Waals surface area contributed by atoms with Gasteiger partial charge in [-0.05, 0) is 42.5 Å². The minimum absolute atomic E-state index is 0.110. The summed E-state index contributed by atoms with van der Waals surface area (Å²) in [4.78, 5) is 26.8. The summed E-state index contributed by atoms with van der Waals surface area (Å²) in [5.74, 6) is -7.76. The van der Waals surface area contributed by atoms with Crippen molar-refractivity contribution in [3.63, 3.8) is 0 Å². The van der Waals surface area contributed by atoms with Gasteiger partial charge in [0.15, 0.2) is 0 Å². The van der Waals surface area contributed by atoms with Gasteiger partial charge in [-0.3, -0.25) is 14.3 Å². The maximum Gasteiger partial charge on any atom is 0.321 e. The molecule has 37 heavy (non-hydrogen) atoms. The van der Waals surface area contributed by atoms with E-state index in [0.29, 0.717) is 37.6 Å². The largest absolute Gasteiger partial charge is 0.345 e. The smallest absolute Gasteiger partial charge is 0.321 e. The second-order valence-corrected chi connectivity index (χ2v) is 10.2. The average molecular weight is 517 g/mol. The summed E-state index contributed by atoms with van der Waals surface area (Å²) in [6.45, 7) is 1.06. The molecule has 2 atom stereocenters. The maximum absolute atomic E-state index is 13.6. The number of rotatable bonds is 6. The molecular formula is C27H28F4N4O2. The zero-order chi connectivity index (χ0) is 26.4. The van der Waals surface area contributed by atoms with E-state index >= 15 is 0 Å². The number of nitrogens with zero attached hydrogens (tertiary/aromatic N) is 3. The highest BCUT2D eigenvalue weighted by atomic mass is 19.3. The van der Waals surface area contributed by atoms with Crippen molar-refractivity contribution in [2.75, 3.05) is 4.90 Å². The zero-order valence-corrected chi connectivity index (χ0v) is 20.3. The van der Waals surface area contributed by atoms with Crippen molar-refractivity contribution in [1.82, 2.24) is 15.1 Å². The van der Waals surface area contributed by atoms with Gasteiger partial charge in [-0.25, -0.2) is 8.78 Å². The van der Waals surface area contributed by atoms with Crippen molar-refractivity contribution >= 4 is 28.4 Å². The van der Waals surface area contributed by atoms with Crippen LogP contribution in [0.5, 0.6) is 0 Å². The molecule has 2 amide bonds. The first-order valence-corrected chi connectivity index (χ1v) is 12.4. The van der Waals surface area contributed by atoms with Crippen LogP contribution < -0.4 is 10.2 Å². The number of fused-ring (bicyclic) bond motifs is 1. The lowest BCUT2D eigenvalue weighted by Crippen LogP contribution is -2.46. The molecule has 6 nitrogen and oxygen atoms in total. The Balaban J connectivity index is 1.42. The van der Waals surface area contributed by atoms with Gasteiger partial charge in [0.05, 0.1) is 23.8 Å². The van der Waals surface area contributed by atoms with Crippen molar-refractivity contribution in [2.24, 2.45) is 5.92 Å². The number of benzene rings is 2. The molecule has 1 aliphatic carbocycles. The summed E-state index contributed by atoms with van der Waals surface area (Å²) in [5, 5.41) is 7.59. The third-order valence-corrected chi connectivity index (χ3v) is 7.35. The van der Waals surface area contributed by atoms with Crippen LogP contribution in [0.1, 0.15) is 50.6 Å². The van der Waals surface area contributed by atoms with Crippen molar-refractivity contribution in [3.05, 3.63) is 60.3 Å². The van der Waals surface area contributed by atoms with Crippen LogP contribution in [0.15, 0.2) is 54.7 Å². The predicted molar refractivity (Wildman–Crippen MR) is 130 cm³/mol. The first-order valence-electron chi connectivity index (χ1n) is 12.4. The lowest BCUT2D eigenvalue weighted by molar-refractivity contribution is -0.143. The molecule has 2 fully saturated rings. The number of anilines is 1.